The molecule has 0 fully saturated rings. The predicted molar refractivity (Wildman–Crippen MR) is 82.8 cm³/mol. The molecule has 0 aliphatic heterocycles. The summed E-state index contributed by atoms with van der Waals surface area (Å²) in [5.41, 5.74) is 1.60. The van der Waals surface area contributed by atoms with Crippen LogP contribution in [0.4, 0.5) is 15.9 Å². The van der Waals surface area contributed by atoms with Crippen molar-refractivity contribution in [2.45, 2.75) is 6.54 Å². The van der Waals surface area contributed by atoms with Crippen LogP contribution in [0.3, 0.4) is 0 Å². The van der Waals surface area contributed by atoms with Crippen molar-refractivity contribution in [2.24, 2.45) is 0 Å². The highest BCUT2D eigenvalue weighted by atomic mass is 35.5. The van der Waals surface area contributed by atoms with Crippen molar-refractivity contribution in [3.63, 3.8) is 0 Å². The van der Waals surface area contributed by atoms with Gasteiger partial charge in [-0.1, -0.05) is 11.6 Å². The summed E-state index contributed by atoms with van der Waals surface area (Å²) in [6.07, 6.45) is 6.06. The van der Waals surface area contributed by atoms with E-state index >= 15 is 0 Å². The standard InChI is InChI=1S/C15H10ClFN6/c16-14-2-1-12(17)3-10(14)7-23-8-13(6-21-23)22-15-11(4-18)5-19-9-20-15/h1-3,5-6,8-9H,7H2,(H,19,20,22). The maximum Gasteiger partial charge on any atom is 0.151 e. The number of nitrogens with zero attached hydrogens (tertiary/aromatic N) is 5. The van der Waals surface area contributed by atoms with E-state index in [4.69, 9.17) is 16.9 Å². The molecule has 0 aliphatic carbocycles. The van der Waals surface area contributed by atoms with E-state index in [9.17, 15) is 4.39 Å². The molecule has 23 heavy (non-hydrogen) atoms. The SMILES string of the molecule is N#Cc1cncnc1Nc1cnn(Cc2cc(F)ccc2Cl)c1. The number of hydrogen-bond acceptors (Lipinski definition) is 5. The van der Waals surface area contributed by atoms with Gasteiger partial charge in [-0.3, -0.25) is 4.68 Å². The van der Waals surface area contributed by atoms with Crippen LogP contribution in [0, 0.1) is 17.1 Å². The molecule has 8 heteroatoms. The highest BCUT2D eigenvalue weighted by Gasteiger charge is 2.07. The van der Waals surface area contributed by atoms with Gasteiger partial charge in [0.1, 0.15) is 23.8 Å². The van der Waals surface area contributed by atoms with Gasteiger partial charge in [0, 0.05) is 11.2 Å². The monoisotopic (exact) mass is 328 g/mol. The Labute approximate surface area is 136 Å². The molecule has 0 unspecified atom stereocenters. The molecule has 0 aliphatic rings. The van der Waals surface area contributed by atoms with Crippen molar-refractivity contribution < 1.29 is 4.39 Å². The molecule has 0 bridgehead atoms. The first kappa shape index (κ1) is 14.9. The predicted octanol–water partition coefficient (Wildman–Crippen LogP) is 3.13. The summed E-state index contributed by atoms with van der Waals surface area (Å²) in [4.78, 5) is 7.80. The summed E-state index contributed by atoms with van der Waals surface area (Å²) in [6, 6.07) is 6.19. The fourth-order valence-corrected chi connectivity index (χ4v) is 2.18. The molecular weight excluding hydrogens is 319 g/mol. The second kappa shape index (κ2) is 6.42. The lowest BCUT2D eigenvalue weighted by atomic mass is 10.2. The van der Waals surface area contributed by atoms with Crippen molar-refractivity contribution in [2.75, 3.05) is 5.32 Å². The minimum absolute atomic E-state index is 0.327. The quantitative estimate of drug-likeness (QED) is 0.796. The third-order valence-corrected chi connectivity index (χ3v) is 3.44. The van der Waals surface area contributed by atoms with Gasteiger partial charge in [0.05, 0.1) is 24.6 Å². The summed E-state index contributed by atoms with van der Waals surface area (Å²) in [5, 5.41) is 16.7. The van der Waals surface area contributed by atoms with Crippen LogP contribution in [0.15, 0.2) is 43.1 Å². The number of aromatic nitrogens is 4. The lowest BCUT2D eigenvalue weighted by Crippen LogP contribution is -2.01. The summed E-state index contributed by atoms with van der Waals surface area (Å²) in [7, 11) is 0. The largest absolute Gasteiger partial charge is 0.336 e. The molecule has 0 amide bonds. The van der Waals surface area contributed by atoms with Crippen LogP contribution in [0.2, 0.25) is 5.02 Å². The van der Waals surface area contributed by atoms with Gasteiger partial charge in [0.15, 0.2) is 5.82 Å². The van der Waals surface area contributed by atoms with Gasteiger partial charge in [-0.25, -0.2) is 14.4 Å². The summed E-state index contributed by atoms with van der Waals surface area (Å²) in [5.74, 6) is 0.0420. The zero-order valence-corrected chi connectivity index (χ0v) is 12.5. The molecule has 0 spiro atoms. The molecule has 114 valence electrons. The van der Waals surface area contributed by atoms with Crippen LogP contribution in [0.25, 0.3) is 0 Å². The van der Waals surface area contributed by atoms with E-state index in [1.54, 1.807) is 17.1 Å². The number of halogens is 2. The van der Waals surface area contributed by atoms with Crippen LogP contribution in [0.5, 0.6) is 0 Å². The lowest BCUT2D eigenvalue weighted by Gasteiger charge is -2.05. The number of nitriles is 1. The molecule has 6 nitrogen and oxygen atoms in total. The Bertz CT molecular complexity index is 886. The lowest BCUT2D eigenvalue weighted by molar-refractivity contribution is 0.619. The molecule has 0 atom stereocenters. The third kappa shape index (κ3) is 3.44. The number of rotatable bonds is 4. The van der Waals surface area contributed by atoms with E-state index in [0.717, 1.165) is 0 Å². The van der Waals surface area contributed by atoms with E-state index in [1.807, 2.05) is 6.07 Å². The van der Waals surface area contributed by atoms with Crippen molar-refractivity contribution >= 4 is 23.1 Å². The Balaban J connectivity index is 1.78. The second-order valence-electron chi connectivity index (χ2n) is 4.68. The van der Waals surface area contributed by atoms with E-state index in [-0.39, 0.29) is 5.82 Å². The molecule has 0 radical (unpaired) electrons. The number of hydrogen-bond donors (Lipinski definition) is 1. The number of anilines is 2. The van der Waals surface area contributed by atoms with E-state index in [2.05, 4.69) is 20.4 Å². The highest BCUT2D eigenvalue weighted by molar-refractivity contribution is 6.31. The van der Waals surface area contributed by atoms with Crippen LogP contribution in [-0.2, 0) is 6.54 Å². The van der Waals surface area contributed by atoms with Gasteiger partial charge >= 0.3 is 0 Å². The van der Waals surface area contributed by atoms with Gasteiger partial charge in [0.25, 0.3) is 0 Å². The molecule has 2 heterocycles. The molecule has 1 N–H and O–H groups in total. The van der Waals surface area contributed by atoms with Crippen LogP contribution in [-0.4, -0.2) is 19.7 Å². The van der Waals surface area contributed by atoms with Crippen molar-refractivity contribution in [1.29, 1.82) is 5.26 Å². The van der Waals surface area contributed by atoms with E-state index in [0.29, 0.717) is 34.2 Å². The van der Waals surface area contributed by atoms with Gasteiger partial charge in [-0.15, -0.1) is 0 Å². The van der Waals surface area contributed by atoms with E-state index in [1.165, 1.54) is 30.7 Å². The van der Waals surface area contributed by atoms with Gasteiger partial charge in [0.2, 0.25) is 0 Å². The smallest absolute Gasteiger partial charge is 0.151 e. The molecular formula is C15H10ClFN6. The molecule has 0 saturated heterocycles. The minimum atomic E-state index is -0.352. The summed E-state index contributed by atoms with van der Waals surface area (Å²) >= 11 is 6.05. The molecule has 3 aromatic rings. The maximum atomic E-state index is 13.3. The van der Waals surface area contributed by atoms with Gasteiger partial charge in [-0.05, 0) is 23.8 Å². The Morgan fingerprint density at radius 2 is 2.22 bits per heavy atom. The Hall–Kier alpha value is -2.98. The Kier molecular flexibility index (Phi) is 4.17. The Morgan fingerprint density at radius 3 is 3.04 bits per heavy atom. The van der Waals surface area contributed by atoms with Crippen molar-refractivity contribution in [3.05, 3.63) is 65.1 Å². The fraction of sp³-hybridized carbons (Fsp3) is 0.0667. The Morgan fingerprint density at radius 1 is 1.35 bits per heavy atom. The summed E-state index contributed by atoms with van der Waals surface area (Å²) in [6.45, 7) is 0.327. The fourth-order valence-electron chi connectivity index (χ4n) is 2.00. The molecule has 3 rings (SSSR count). The van der Waals surface area contributed by atoms with Gasteiger partial charge in [-0.2, -0.15) is 10.4 Å². The highest BCUT2D eigenvalue weighted by Crippen LogP contribution is 2.20. The summed E-state index contributed by atoms with van der Waals surface area (Å²) < 4.78 is 14.9. The number of benzene rings is 1. The van der Waals surface area contributed by atoms with Crippen molar-refractivity contribution in [3.8, 4) is 6.07 Å². The maximum absolute atomic E-state index is 13.3. The first-order valence-electron chi connectivity index (χ1n) is 6.59. The first-order chi connectivity index (χ1) is 11.2. The van der Waals surface area contributed by atoms with E-state index < -0.39 is 0 Å². The van der Waals surface area contributed by atoms with Crippen LogP contribution < -0.4 is 5.32 Å². The van der Waals surface area contributed by atoms with Crippen LogP contribution >= 0.6 is 11.6 Å². The topological polar surface area (TPSA) is 79.4 Å². The average molecular weight is 329 g/mol. The average Bonchev–Trinajstić information content (AvgIpc) is 2.98. The molecule has 2 aromatic heterocycles. The van der Waals surface area contributed by atoms with Gasteiger partial charge < -0.3 is 5.32 Å². The molecule has 1 aromatic carbocycles. The zero-order valence-electron chi connectivity index (χ0n) is 11.7. The zero-order chi connectivity index (χ0) is 16.2. The first-order valence-corrected chi connectivity index (χ1v) is 6.97. The normalized spacial score (nSPS) is 10.3. The van der Waals surface area contributed by atoms with Crippen molar-refractivity contribution in [1.82, 2.24) is 19.7 Å². The number of nitrogens with one attached hydrogen (secondary N) is 1. The third-order valence-electron chi connectivity index (χ3n) is 3.07. The second-order valence-corrected chi connectivity index (χ2v) is 5.09. The molecule has 0 saturated carbocycles. The van der Waals surface area contributed by atoms with Crippen LogP contribution in [0.1, 0.15) is 11.1 Å². The minimum Gasteiger partial charge on any atom is -0.336 e.